The van der Waals surface area contributed by atoms with Gasteiger partial charge in [0.2, 0.25) is 11.8 Å². The molecule has 1 aromatic rings. The molecule has 0 saturated carbocycles. The van der Waals surface area contributed by atoms with E-state index in [1.54, 1.807) is 11.9 Å². The average Bonchev–Trinajstić information content (AvgIpc) is 3.02. The van der Waals surface area contributed by atoms with Gasteiger partial charge in [-0.2, -0.15) is 0 Å². The Morgan fingerprint density at radius 3 is 2.75 bits per heavy atom. The smallest absolute Gasteiger partial charge is 0.268 e. The second-order valence-electron chi connectivity index (χ2n) is 9.33. The predicted octanol–water partition coefficient (Wildman–Crippen LogP) is 1.08. The molecule has 3 aliphatic rings. The molecule has 172 valence electrons. The Morgan fingerprint density at radius 2 is 2.03 bits per heavy atom. The first-order valence-electron chi connectivity index (χ1n) is 11.3. The second-order valence-corrected chi connectivity index (χ2v) is 9.33. The molecule has 2 heterocycles. The Bertz CT molecular complexity index is 919. The molecule has 8 heteroatoms. The number of carbonyl (C=O) groups excluding carboxylic acids is 3. The molecule has 2 saturated heterocycles. The summed E-state index contributed by atoms with van der Waals surface area (Å²) >= 11 is 0. The number of amides is 3. The van der Waals surface area contributed by atoms with Crippen molar-refractivity contribution in [2.45, 2.75) is 57.3 Å². The first-order chi connectivity index (χ1) is 15.4. The molecule has 5 unspecified atom stereocenters. The van der Waals surface area contributed by atoms with Crippen molar-refractivity contribution in [3.05, 3.63) is 35.4 Å². The van der Waals surface area contributed by atoms with E-state index < -0.39 is 29.6 Å². The molecule has 0 spiro atoms. The van der Waals surface area contributed by atoms with Crippen LogP contribution in [0.25, 0.3) is 0 Å². The number of hydrogen-bond acceptors (Lipinski definition) is 5. The molecule has 0 radical (unpaired) electrons. The van der Waals surface area contributed by atoms with Crippen LogP contribution in [0.5, 0.6) is 0 Å². The third kappa shape index (κ3) is 3.97. The molecule has 4 rings (SSSR count). The van der Waals surface area contributed by atoms with Crippen LogP contribution >= 0.6 is 0 Å². The quantitative estimate of drug-likeness (QED) is 0.668. The molecule has 5 atom stereocenters. The summed E-state index contributed by atoms with van der Waals surface area (Å²) in [4.78, 5) is 44.1. The first kappa shape index (κ1) is 22.6. The van der Waals surface area contributed by atoms with Gasteiger partial charge in [0, 0.05) is 18.3 Å². The fourth-order valence-corrected chi connectivity index (χ4v) is 5.78. The molecule has 8 nitrogen and oxygen atoms in total. The number of nitrogens with zero attached hydrogens (tertiary/aromatic N) is 2. The number of aryl methyl sites for hydroxylation is 1. The van der Waals surface area contributed by atoms with E-state index in [0.29, 0.717) is 19.4 Å². The molecule has 0 bridgehead atoms. The van der Waals surface area contributed by atoms with Gasteiger partial charge in [0.25, 0.3) is 5.91 Å². The van der Waals surface area contributed by atoms with Crippen LogP contribution in [0.1, 0.15) is 37.3 Å². The standard InChI is InChI=1S/C24H32N4O4/c1-24(17-9-8-15-6-4-5-7-16(15)12-17)13-20-28(21(24)22(30)26-3)23(31)18(10-11-32-20)27-19(29)14-25-2/h4-7,17-18,20-21,25H,3,8-14H2,1-2H3,(H,27,29). The molecule has 0 aromatic heterocycles. The number of likely N-dealkylation sites (N-methyl/N-ethyl adjacent to an activating group) is 1. The zero-order valence-corrected chi connectivity index (χ0v) is 18.8. The lowest BCUT2D eigenvalue weighted by Crippen LogP contribution is -2.56. The van der Waals surface area contributed by atoms with Gasteiger partial charge < -0.3 is 20.3 Å². The number of fused-ring (bicyclic) bond motifs is 2. The van der Waals surface area contributed by atoms with Gasteiger partial charge in [0.15, 0.2) is 0 Å². The van der Waals surface area contributed by atoms with Crippen molar-refractivity contribution in [2.24, 2.45) is 16.3 Å². The van der Waals surface area contributed by atoms with Crippen LogP contribution in [-0.2, 0) is 32.0 Å². The van der Waals surface area contributed by atoms with E-state index in [2.05, 4.69) is 47.5 Å². The monoisotopic (exact) mass is 440 g/mol. The van der Waals surface area contributed by atoms with Crippen molar-refractivity contribution in [3.63, 3.8) is 0 Å². The lowest BCUT2D eigenvalue weighted by molar-refractivity contribution is -0.149. The largest absolute Gasteiger partial charge is 0.358 e. The van der Waals surface area contributed by atoms with Gasteiger partial charge in [-0.3, -0.25) is 14.4 Å². The summed E-state index contributed by atoms with van der Waals surface area (Å²) in [5.41, 5.74) is 2.15. The molecule has 1 aromatic carbocycles. The van der Waals surface area contributed by atoms with Crippen LogP contribution in [0.4, 0.5) is 0 Å². The van der Waals surface area contributed by atoms with E-state index in [0.717, 1.165) is 19.3 Å². The Hall–Kier alpha value is -2.58. The van der Waals surface area contributed by atoms with E-state index in [-0.39, 0.29) is 24.3 Å². The third-order valence-corrected chi connectivity index (χ3v) is 7.44. The zero-order valence-electron chi connectivity index (χ0n) is 18.8. The Balaban J connectivity index is 1.64. The molecule has 1 aliphatic carbocycles. The van der Waals surface area contributed by atoms with Crippen molar-refractivity contribution >= 4 is 24.4 Å². The molecule has 2 aliphatic heterocycles. The maximum Gasteiger partial charge on any atom is 0.268 e. The molecule has 3 amide bonds. The van der Waals surface area contributed by atoms with Gasteiger partial charge in [-0.1, -0.05) is 31.2 Å². The number of benzene rings is 1. The SMILES string of the molecule is C=NC(=O)C1N2C(=O)C(NC(=O)CNC)CCOC2CC1(C)C1CCc2ccccc2C1. The fraction of sp³-hybridized carbons (Fsp3) is 0.583. The van der Waals surface area contributed by atoms with Crippen LogP contribution < -0.4 is 10.6 Å². The summed E-state index contributed by atoms with van der Waals surface area (Å²) in [5.74, 6) is -0.750. The molecular formula is C24H32N4O4. The zero-order chi connectivity index (χ0) is 22.9. The lowest BCUT2D eigenvalue weighted by Gasteiger charge is -2.41. The highest BCUT2D eigenvalue weighted by molar-refractivity contribution is 5.95. The van der Waals surface area contributed by atoms with Gasteiger partial charge >= 0.3 is 0 Å². The van der Waals surface area contributed by atoms with E-state index in [4.69, 9.17) is 4.74 Å². The van der Waals surface area contributed by atoms with Gasteiger partial charge in [-0.15, -0.1) is 0 Å². The van der Waals surface area contributed by atoms with Crippen LogP contribution in [0.15, 0.2) is 29.3 Å². The summed E-state index contributed by atoms with van der Waals surface area (Å²) in [7, 11) is 1.67. The van der Waals surface area contributed by atoms with Crippen molar-refractivity contribution in [3.8, 4) is 0 Å². The van der Waals surface area contributed by atoms with Crippen molar-refractivity contribution in [2.75, 3.05) is 20.2 Å². The minimum absolute atomic E-state index is 0.115. The van der Waals surface area contributed by atoms with Gasteiger partial charge in [-0.05, 0) is 50.1 Å². The van der Waals surface area contributed by atoms with E-state index >= 15 is 0 Å². The molecule has 32 heavy (non-hydrogen) atoms. The van der Waals surface area contributed by atoms with Crippen LogP contribution in [-0.4, -0.2) is 67.8 Å². The van der Waals surface area contributed by atoms with Crippen molar-refractivity contribution in [1.82, 2.24) is 15.5 Å². The average molecular weight is 441 g/mol. The Morgan fingerprint density at radius 1 is 1.28 bits per heavy atom. The lowest BCUT2D eigenvalue weighted by atomic mass is 9.64. The number of nitrogens with one attached hydrogen (secondary N) is 2. The topological polar surface area (TPSA) is 100 Å². The highest BCUT2D eigenvalue weighted by Crippen LogP contribution is 2.51. The van der Waals surface area contributed by atoms with Gasteiger partial charge in [0.05, 0.1) is 13.2 Å². The highest BCUT2D eigenvalue weighted by Gasteiger charge is 2.59. The maximum atomic E-state index is 13.6. The highest BCUT2D eigenvalue weighted by atomic mass is 16.5. The maximum absolute atomic E-state index is 13.6. The number of aliphatic imine (C=N–C) groups is 1. The number of hydrogen-bond donors (Lipinski definition) is 2. The molecule has 2 fully saturated rings. The van der Waals surface area contributed by atoms with Crippen molar-refractivity contribution in [1.29, 1.82) is 0 Å². The minimum Gasteiger partial charge on any atom is -0.358 e. The van der Waals surface area contributed by atoms with Crippen molar-refractivity contribution < 1.29 is 19.1 Å². The summed E-state index contributed by atoms with van der Waals surface area (Å²) in [6.07, 6.45) is 3.16. The Labute approximate surface area is 188 Å². The minimum atomic E-state index is -0.755. The predicted molar refractivity (Wildman–Crippen MR) is 120 cm³/mol. The van der Waals surface area contributed by atoms with Crippen LogP contribution in [0, 0.1) is 11.3 Å². The summed E-state index contributed by atoms with van der Waals surface area (Å²) < 4.78 is 6.07. The van der Waals surface area contributed by atoms with Gasteiger partial charge in [0.1, 0.15) is 18.3 Å². The summed E-state index contributed by atoms with van der Waals surface area (Å²) in [6, 6.07) is 6.93. The second kappa shape index (κ2) is 9.11. The fourth-order valence-electron chi connectivity index (χ4n) is 5.78. The first-order valence-corrected chi connectivity index (χ1v) is 11.3. The number of rotatable bonds is 5. The number of ether oxygens (including phenoxy) is 1. The number of carbonyl (C=O) groups is 3. The van der Waals surface area contributed by atoms with E-state index in [9.17, 15) is 14.4 Å². The van der Waals surface area contributed by atoms with Gasteiger partial charge in [-0.25, -0.2) is 4.99 Å². The van der Waals surface area contributed by atoms with E-state index in [1.165, 1.54) is 11.1 Å². The Kier molecular flexibility index (Phi) is 6.44. The summed E-state index contributed by atoms with van der Waals surface area (Å²) in [5, 5.41) is 5.58. The third-order valence-electron chi connectivity index (χ3n) is 7.44. The normalized spacial score (nSPS) is 31.9. The molecule has 2 N–H and O–H groups in total. The van der Waals surface area contributed by atoms with E-state index in [1.807, 2.05) is 6.07 Å². The molecular weight excluding hydrogens is 408 g/mol. The summed E-state index contributed by atoms with van der Waals surface area (Å²) in [6.45, 7) is 6.01. The van der Waals surface area contributed by atoms with Crippen LogP contribution in [0.2, 0.25) is 0 Å². The van der Waals surface area contributed by atoms with Crippen LogP contribution in [0.3, 0.4) is 0 Å².